The average molecular weight is 196 g/mol. The van der Waals surface area contributed by atoms with Crippen LogP contribution in [0.15, 0.2) is 0 Å². The fourth-order valence-corrected chi connectivity index (χ4v) is 1.38. The maximum absolute atomic E-state index is 4.50. The number of aromatic nitrogens is 3. The van der Waals surface area contributed by atoms with E-state index in [0.29, 0.717) is 5.92 Å². The van der Waals surface area contributed by atoms with Crippen LogP contribution in [0.2, 0.25) is 0 Å². The third kappa shape index (κ3) is 3.10. The van der Waals surface area contributed by atoms with E-state index < -0.39 is 0 Å². The fraction of sp³-hybridized carbons (Fsp3) is 0.800. The number of rotatable bonds is 5. The van der Waals surface area contributed by atoms with Crippen molar-refractivity contribution in [2.45, 2.75) is 26.7 Å². The molecule has 4 nitrogen and oxygen atoms in total. The second kappa shape index (κ2) is 5.10. The Morgan fingerprint density at radius 3 is 2.71 bits per heavy atom. The second-order valence-corrected chi connectivity index (χ2v) is 4.02. The Hall–Kier alpha value is -0.900. The highest BCUT2D eigenvalue weighted by Crippen LogP contribution is 2.04. The maximum atomic E-state index is 4.50. The number of likely N-dealkylation sites (N-methyl/N-ethyl adjacent to an activating group) is 1. The van der Waals surface area contributed by atoms with Crippen LogP contribution in [-0.2, 0) is 19.9 Å². The van der Waals surface area contributed by atoms with Gasteiger partial charge < -0.3 is 5.32 Å². The van der Waals surface area contributed by atoms with Gasteiger partial charge in [-0.05, 0) is 13.0 Å². The van der Waals surface area contributed by atoms with Gasteiger partial charge in [-0.3, -0.25) is 4.68 Å². The molecule has 0 bridgehead atoms. The van der Waals surface area contributed by atoms with Crippen molar-refractivity contribution in [2.24, 2.45) is 13.0 Å². The number of hydrogen-bond acceptors (Lipinski definition) is 3. The molecule has 80 valence electrons. The molecule has 0 saturated heterocycles. The van der Waals surface area contributed by atoms with Gasteiger partial charge in [-0.1, -0.05) is 13.8 Å². The zero-order chi connectivity index (χ0) is 10.6. The molecular formula is C10H20N4. The molecule has 4 heteroatoms. The molecule has 0 spiro atoms. The first-order valence-corrected chi connectivity index (χ1v) is 5.17. The first-order chi connectivity index (χ1) is 6.63. The summed E-state index contributed by atoms with van der Waals surface area (Å²) >= 11 is 0. The molecule has 0 amide bonds. The van der Waals surface area contributed by atoms with Crippen LogP contribution < -0.4 is 5.32 Å². The van der Waals surface area contributed by atoms with Crippen molar-refractivity contribution in [3.63, 3.8) is 0 Å². The van der Waals surface area contributed by atoms with E-state index in [1.165, 1.54) is 0 Å². The summed E-state index contributed by atoms with van der Waals surface area (Å²) in [6, 6.07) is 0. The molecule has 0 saturated carbocycles. The Bertz CT molecular complexity index is 278. The van der Waals surface area contributed by atoms with E-state index in [1.807, 2.05) is 18.8 Å². The monoisotopic (exact) mass is 196 g/mol. The average Bonchev–Trinajstić information content (AvgIpc) is 2.41. The van der Waals surface area contributed by atoms with Gasteiger partial charge in [-0.25, -0.2) is 4.98 Å². The SMILES string of the molecule is CNCCc1nc(CC(C)C)nn1C. The Labute approximate surface area is 85.7 Å². The lowest BCUT2D eigenvalue weighted by molar-refractivity contribution is 0.611. The highest BCUT2D eigenvalue weighted by Gasteiger charge is 2.07. The molecule has 1 heterocycles. The van der Waals surface area contributed by atoms with Crippen LogP contribution in [0.5, 0.6) is 0 Å². The molecule has 0 unspecified atom stereocenters. The van der Waals surface area contributed by atoms with Gasteiger partial charge >= 0.3 is 0 Å². The van der Waals surface area contributed by atoms with E-state index in [0.717, 1.165) is 31.0 Å². The number of aryl methyl sites for hydroxylation is 1. The van der Waals surface area contributed by atoms with Gasteiger partial charge in [0, 0.05) is 26.4 Å². The minimum Gasteiger partial charge on any atom is -0.319 e. The van der Waals surface area contributed by atoms with Crippen LogP contribution in [0.3, 0.4) is 0 Å². The van der Waals surface area contributed by atoms with E-state index in [2.05, 4.69) is 29.2 Å². The van der Waals surface area contributed by atoms with E-state index >= 15 is 0 Å². The lowest BCUT2D eigenvalue weighted by atomic mass is 10.1. The van der Waals surface area contributed by atoms with E-state index in [9.17, 15) is 0 Å². The summed E-state index contributed by atoms with van der Waals surface area (Å²) < 4.78 is 1.88. The summed E-state index contributed by atoms with van der Waals surface area (Å²) in [5.41, 5.74) is 0. The van der Waals surface area contributed by atoms with Crippen molar-refractivity contribution in [2.75, 3.05) is 13.6 Å². The lowest BCUT2D eigenvalue weighted by Crippen LogP contribution is -2.13. The van der Waals surface area contributed by atoms with Gasteiger partial charge in [0.25, 0.3) is 0 Å². The lowest BCUT2D eigenvalue weighted by Gasteiger charge is -1.97. The number of hydrogen-bond donors (Lipinski definition) is 1. The molecule has 1 aromatic rings. The summed E-state index contributed by atoms with van der Waals surface area (Å²) in [5.74, 6) is 2.65. The third-order valence-electron chi connectivity index (χ3n) is 2.09. The molecule has 0 fully saturated rings. The summed E-state index contributed by atoms with van der Waals surface area (Å²) in [6.45, 7) is 5.32. The molecule has 0 radical (unpaired) electrons. The topological polar surface area (TPSA) is 42.7 Å². The quantitative estimate of drug-likeness (QED) is 0.756. The predicted molar refractivity (Wildman–Crippen MR) is 57.2 cm³/mol. The van der Waals surface area contributed by atoms with Gasteiger partial charge in [-0.15, -0.1) is 0 Å². The van der Waals surface area contributed by atoms with Gasteiger partial charge in [0.2, 0.25) is 0 Å². The van der Waals surface area contributed by atoms with Crippen molar-refractivity contribution in [3.8, 4) is 0 Å². The summed E-state index contributed by atoms with van der Waals surface area (Å²) in [5, 5.41) is 7.49. The zero-order valence-corrected chi connectivity index (χ0v) is 9.54. The largest absolute Gasteiger partial charge is 0.319 e. The molecule has 0 aromatic carbocycles. The smallest absolute Gasteiger partial charge is 0.151 e. The van der Waals surface area contributed by atoms with Gasteiger partial charge in [0.05, 0.1) is 0 Å². The molecular weight excluding hydrogens is 176 g/mol. The van der Waals surface area contributed by atoms with E-state index in [4.69, 9.17) is 0 Å². The second-order valence-electron chi connectivity index (χ2n) is 4.02. The summed E-state index contributed by atoms with van der Waals surface area (Å²) in [4.78, 5) is 4.50. The Morgan fingerprint density at radius 2 is 2.14 bits per heavy atom. The predicted octanol–water partition coefficient (Wildman–Crippen LogP) is 0.775. The van der Waals surface area contributed by atoms with Crippen LogP contribution in [-0.4, -0.2) is 28.4 Å². The highest BCUT2D eigenvalue weighted by molar-refractivity contribution is 4.94. The van der Waals surface area contributed by atoms with Crippen LogP contribution >= 0.6 is 0 Å². The van der Waals surface area contributed by atoms with Gasteiger partial charge in [-0.2, -0.15) is 5.10 Å². The van der Waals surface area contributed by atoms with Gasteiger partial charge in [0.15, 0.2) is 5.82 Å². The van der Waals surface area contributed by atoms with Gasteiger partial charge in [0.1, 0.15) is 5.82 Å². The van der Waals surface area contributed by atoms with Crippen molar-refractivity contribution in [1.29, 1.82) is 0 Å². The van der Waals surface area contributed by atoms with Crippen molar-refractivity contribution in [1.82, 2.24) is 20.1 Å². The third-order valence-corrected chi connectivity index (χ3v) is 2.09. The minimum atomic E-state index is 0.620. The molecule has 1 N–H and O–H groups in total. The van der Waals surface area contributed by atoms with Crippen LogP contribution in [0.4, 0.5) is 0 Å². The van der Waals surface area contributed by atoms with E-state index in [1.54, 1.807) is 0 Å². The normalized spacial score (nSPS) is 11.2. The maximum Gasteiger partial charge on any atom is 0.151 e. The Morgan fingerprint density at radius 1 is 1.43 bits per heavy atom. The first-order valence-electron chi connectivity index (χ1n) is 5.17. The molecule has 0 aliphatic rings. The number of nitrogens with one attached hydrogen (secondary N) is 1. The summed E-state index contributed by atoms with van der Waals surface area (Å²) in [6.07, 6.45) is 1.91. The standard InChI is InChI=1S/C10H20N4/c1-8(2)7-9-12-10(5-6-11-3)14(4)13-9/h8,11H,5-7H2,1-4H3. The van der Waals surface area contributed by atoms with Crippen molar-refractivity contribution in [3.05, 3.63) is 11.6 Å². The fourth-order valence-electron chi connectivity index (χ4n) is 1.38. The zero-order valence-electron chi connectivity index (χ0n) is 9.54. The highest BCUT2D eigenvalue weighted by atomic mass is 15.3. The van der Waals surface area contributed by atoms with Crippen molar-refractivity contribution < 1.29 is 0 Å². The molecule has 1 aromatic heterocycles. The van der Waals surface area contributed by atoms with Crippen molar-refractivity contribution >= 4 is 0 Å². The molecule has 1 rings (SSSR count). The molecule has 14 heavy (non-hydrogen) atoms. The van der Waals surface area contributed by atoms with Crippen LogP contribution in [0.25, 0.3) is 0 Å². The molecule has 0 aliphatic carbocycles. The number of nitrogens with zero attached hydrogens (tertiary/aromatic N) is 3. The molecule has 0 aliphatic heterocycles. The summed E-state index contributed by atoms with van der Waals surface area (Å²) in [7, 11) is 3.91. The first kappa shape index (κ1) is 11.2. The minimum absolute atomic E-state index is 0.620. The van der Waals surface area contributed by atoms with Crippen LogP contribution in [0, 0.1) is 5.92 Å². The molecule has 0 atom stereocenters. The van der Waals surface area contributed by atoms with Crippen LogP contribution in [0.1, 0.15) is 25.5 Å². The Kier molecular flexibility index (Phi) is 4.07. The Balaban J connectivity index is 2.62. The van der Waals surface area contributed by atoms with E-state index in [-0.39, 0.29) is 0 Å².